The molecule has 7 rings (SSSR count). The van der Waals surface area contributed by atoms with Crippen LogP contribution in [0.4, 0.5) is 0 Å². The van der Waals surface area contributed by atoms with Gasteiger partial charge >= 0.3 is 0 Å². The van der Waals surface area contributed by atoms with E-state index < -0.39 is 60.5 Å². The number of azide groups is 1. The Hall–Kier alpha value is -4.60. The molecule has 13 heteroatoms. The van der Waals surface area contributed by atoms with Gasteiger partial charge in [0.2, 0.25) is 0 Å². The van der Waals surface area contributed by atoms with Crippen LogP contribution in [0.1, 0.15) is 27.8 Å². The first-order valence-electron chi connectivity index (χ1n) is 20.5. The Morgan fingerprint density at radius 2 is 0.951 bits per heavy atom. The summed E-state index contributed by atoms with van der Waals surface area (Å²) in [5, 5.41) is 16.1. The summed E-state index contributed by atoms with van der Waals surface area (Å²) >= 11 is 1.51. The molecule has 0 saturated carbocycles. The van der Waals surface area contributed by atoms with Gasteiger partial charge in [-0.1, -0.05) is 157 Å². The van der Waals surface area contributed by atoms with E-state index in [-0.39, 0.29) is 33.0 Å². The zero-order chi connectivity index (χ0) is 42.1. The van der Waals surface area contributed by atoms with Crippen LogP contribution in [0.3, 0.4) is 0 Å². The number of nitrogens with zero attached hydrogens (tertiary/aromatic N) is 3. The molecule has 0 aromatic heterocycles. The van der Waals surface area contributed by atoms with Crippen molar-refractivity contribution in [1.82, 2.24) is 0 Å². The first-order chi connectivity index (χ1) is 30.1. The van der Waals surface area contributed by atoms with Gasteiger partial charge in [-0.2, -0.15) is 0 Å². The van der Waals surface area contributed by atoms with E-state index in [1.54, 1.807) is 0 Å². The number of benzene rings is 5. The van der Waals surface area contributed by atoms with Gasteiger partial charge in [0.25, 0.3) is 0 Å². The molecule has 0 bridgehead atoms. The van der Waals surface area contributed by atoms with Crippen LogP contribution in [0.5, 0.6) is 0 Å². The lowest BCUT2D eigenvalue weighted by Gasteiger charge is -2.49. The molecule has 2 aliphatic rings. The number of thioether (sulfide) groups is 1. The summed E-state index contributed by atoms with van der Waals surface area (Å²) < 4.78 is 53.0. The Bertz CT molecular complexity index is 2040. The average molecular weight is 848 g/mol. The molecule has 2 saturated heterocycles. The van der Waals surface area contributed by atoms with Crippen molar-refractivity contribution in [3.8, 4) is 0 Å². The summed E-state index contributed by atoms with van der Waals surface area (Å²) in [5.74, 6) is 0. The van der Waals surface area contributed by atoms with Crippen molar-refractivity contribution in [1.29, 1.82) is 0 Å². The van der Waals surface area contributed by atoms with Crippen LogP contribution in [-0.4, -0.2) is 85.1 Å². The Morgan fingerprint density at radius 3 is 1.39 bits per heavy atom. The standard InChI is InChI=1S/C48H53N3O9S/c1-61-48-46(57-31-38-25-15-6-16-26-38)45(56-30-37-23-13-5-14-24-37)43(40(59-48)33-54-28-35-19-9-3-10-20-35)60-47-41(50-51-49)44(55-29-36-21-11-4-12-22-36)42(52)39(58-47)32-53-27-34-17-7-2-8-18-34/h2-26,39-48,52H,27-33H2,1H3/t39-,40-,41+,42-,43-,44-,45+,46-,47+,48+/m1/s1. The molecular formula is C48H53N3O9S. The fourth-order valence-electron chi connectivity index (χ4n) is 7.45. The summed E-state index contributed by atoms with van der Waals surface area (Å²) in [6.07, 6.45) is -5.42. The molecule has 2 aliphatic heterocycles. The van der Waals surface area contributed by atoms with Crippen molar-refractivity contribution >= 4 is 11.8 Å². The van der Waals surface area contributed by atoms with E-state index in [4.69, 9.17) is 37.9 Å². The Labute approximate surface area is 361 Å². The number of rotatable bonds is 21. The van der Waals surface area contributed by atoms with Crippen LogP contribution in [0.15, 0.2) is 157 Å². The van der Waals surface area contributed by atoms with Crippen LogP contribution < -0.4 is 0 Å². The minimum atomic E-state index is -1.24. The summed E-state index contributed by atoms with van der Waals surface area (Å²) in [4.78, 5) is 3.20. The van der Waals surface area contributed by atoms with Crippen LogP contribution >= 0.6 is 11.8 Å². The number of aliphatic hydroxyl groups is 1. The number of hydrogen-bond donors (Lipinski definition) is 1. The maximum atomic E-state index is 11.9. The first-order valence-corrected chi connectivity index (χ1v) is 21.8. The minimum absolute atomic E-state index is 0.000183. The predicted octanol–water partition coefficient (Wildman–Crippen LogP) is 8.41. The summed E-state index contributed by atoms with van der Waals surface area (Å²) in [5.41, 5.74) is 14.3. The van der Waals surface area contributed by atoms with Gasteiger partial charge in [-0.25, -0.2) is 0 Å². The van der Waals surface area contributed by atoms with Gasteiger partial charge in [0.05, 0.1) is 52.4 Å². The third-order valence-electron chi connectivity index (χ3n) is 10.6. The van der Waals surface area contributed by atoms with Crippen molar-refractivity contribution in [2.75, 3.05) is 19.5 Å². The molecule has 2 fully saturated rings. The van der Waals surface area contributed by atoms with Gasteiger partial charge in [0.1, 0.15) is 48.1 Å². The van der Waals surface area contributed by atoms with E-state index in [1.807, 2.05) is 158 Å². The molecule has 1 N–H and O–H groups in total. The molecule has 0 unspecified atom stereocenters. The molecule has 320 valence electrons. The Morgan fingerprint density at radius 1 is 0.541 bits per heavy atom. The number of hydrogen-bond acceptors (Lipinski definition) is 11. The van der Waals surface area contributed by atoms with E-state index in [2.05, 4.69) is 10.0 Å². The summed E-state index contributed by atoms with van der Waals surface area (Å²) in [6, 6.07) is 47.9. The smallest absolute Gasteiger partial charge is 0.169 e. The quantitative estimate of drug-likeness (QED) is 0.0435. The van der Waals surface area contributed by atoms with Gasteiger partial charge in [-0.05, 0) is 39.6 Å². The molecule has 5 aromatic carbocycles. The third kappa shape index (κ3) is 12.7. The molecule has 61 heavy (non-hydrogen) atoms. The maximum Gasteiger partial charge on any atom is 0.169 e. The Kier molecular flexibility index (Phi) is 17.2. The van der Waals surface area contributed by atoms with Crippen molar-refractivity contribution in [2.24, 2.45) is 5.11 Å². The summed E-state index contributed by atoms with van der Waals surface area (Å²) in [7, 11) is 0. The molecule has 0 aliphatic carbocycles. The van der Waals surface area contributed by atoms with Crippen molar-refractivity contribution in [3.63, 3.8) is 0 Å². The number of aliphatic hydroxyl groups excluding tert-OH is 1. The second-order valence-corrected chi connectivity index (χ2v) is 15.8. The zero-order valence-corrected chi connectivity index (χ0v) is 34.9. The average Bonchev–Trinajstić information content (AvgIpc) is 3.31. The zero-order valence-electron chi connectivity index (χ0n) is 34.1. The molecule has 12 nitrogen and oxygen atoms in total. The second-order valence-electron chi connectivity index (χ2n) is 14.9. The lowest BCUT2D eigenvalue weighted by Crippen LogP contribution is -2.65. The van der Waals surface area contributed by atoms with Gasteiger partial charge in [-0.15, -0.1) is 11.8 Å². The predicted molar refractivity (Wildman–Crippen MR) is 232 cm³/mol. The third-order valence-corrected chi connectivity index (χ3v) is 11.4. The SMILES string of the molecule is CS[C@@H]1O[C@H](COCc2ccccc2)[C@@H](O[C@@H]2O[C@H](COCc3ccccc3)[C@@H](O)[C@H](OCc3ccccc3)[C@@H]2N=[N+]=[N-])[C@H](OCc2ccccc2)[C@H]1OCc1ccccc1. The topological polar surface area (TPSA) is 143 Å². The first kappa shape index (κ1) is 44.5. The lowest BCUT2D eigenvalue weighted by molar-refractivity contribution is -0.327. The highest BCUT2D eigenvalue weighted by Crippen LogP contribution is 2.37. The van der Waals surface area contributed by atoms with Crippen LogP contribution in [0.25, 0.3) is 10.4 Å². The lowest BCUT2D eigenvalue weighted by atomic mass is 9.95. The molecule has 0 radical (unpaired) electrons. The Balaban J connectivity index is 1.22. The van der Waals surface area contributed by atoms with Gasteiger partial charge < -0.3 is 43.0 Å². The highest BCUT2D eigenvalue weighted by atomic mass is 32.2. The van der Waals surface area contributed by atoms with Crippen molar-refractivity contribution in [2.45, 2.75) is 93.5 Å². The summed E-state index contributed by atoms with van der Waals surface area (Å²) in [6.45, 7) is 1.44. The van der Waals surface area contributed by atoms with Crippen molar-refractivity contribution in [3.05, 3.63) is 190 Å². The highest BCUT2D eigenvalue weighted by Gasteiger charge is 2.53. The van der Waals surface area contributed by atoms with E-state index >= 15 is 0 Å². The van der Waals surface area contributed by atoms with Gasteiger partial charge in [0, 0.05) is 4.91 Å². The fraction of sp³-hybridized carbons (Fsp3) is 0.375. The van der Waals surface area contributed by atoms with Crippen LogP contribution in [-0.2, 0) is 70.9 Å². The van der Waals surface area contributed by atoms with E-state index in [9.17, 15) is 10.6 Å². The van der Waals surface area contributed by atoms with Crippen molar-refractivity contribution < 1.29 is 43.0 Å². The van der Waals surface area contributed by atoms with Gasteiger partial charge in [-0.3, -0.25) is 0 Å². The number of ether oxygens (including phenoxy) is 8. The van der Waals surface area contributed by atoms with Gasteiger partial charge in [0.15, 0.2) is 6.29 Å². The molecule has 5 aromatic rings. The molecule has 0 spiro atoms. The largest absolute Gasteiger partial charge is 0.388 e. The normalized spacial score (nSPS) is 26.3. The molecule has 0 amide bonds. The maximum absolute atomic E-state index is 11.9. The van der Waals surface area contributed by atoms with E-state index in [1.165, 1.54) is 11.8 Å². The fourth-order valence-corrected chi connectivity index (χ4v) is 8.21. The van der Waals surface area contributed by atoms with Crippen LogP contribution in [0, 0.1) is 0 Å². The molecular weight excluding hydrogens is 795 g/mol. The highest BCUT2D eigenvalue weighted by molar-refractivity contribution is 7.99. The molecule has 2 heterocycles. The molecule has 10 atom stereocenters. The second kappa shape index (κ2) is 23.6. The van der Waals surface area contributed by atoms with Crippen LogP contribution in [0.2, 0.25) is 0 Å². The monoisotopic (exact) mass is 847 g/mol. The van der Waals surface area contributed by atoms with E-state index in [0.717, 1.165) is 27.8 Å². The minimum Gasteiger partial charge on any atom is -0.388 e. The van der Waals surface area contributed by atoms with E-state index in [0.29, 0.717) is 13.2 Å².